The van der Waals surface area contributed by atoms with Gasteiger partial charge < -0.3 is 34.0 Å². The van der Waals surface area contributed by atoms with Crippen LogP contribution in [-0.4, -0.2) is 72.3 Å². The predicted molar refractivity (Wildman–Crippen MR) is 130 cm³/mol. The second kappa shape index (κ2) is 13.4. The first-order valence-corrected chi connectivity index (χ1v) is 12.0. The number of carbonyl (C=O) groups is 3. The summed E-state index contributed by atoms with van der Waals surface area (Å²) in [5.74, 6) is -0.852. The third-order valence-corrected chi connectivity index (χ3v) is 5.59. The van der Waals surface area contributed by atoms with Gasteiger partial charge in [0.15, 0.2) is 17.5 Å². The van der Waals surface area contributed by atoms with Gasteiger partial charge in [-0.05, 0) is 26.0 Å². The maximum absolute atomic E-state index is 12.3. The number of hydrogen-bond donors (Lipinski definition) is 1. The van der Waals surface area contributed by atoms with Crippen molar-refractivity contribution in [2.45, 2.75) is 33.1 Å². The van der Waals surface area contributed by atoms with E-state index in [0.29, 0.717) is 16.8 Å². The largest absolute Gasteiger partial charge is 0.575 e. The molecule has 1 aromatic heterocycles. The summed E-state index contributed by atoms with van der Waals surface area (Å²) in [7, 11) is 3.42. The van der Waals surface area contributed by atoms with Gasteiger partial charge in [-0.1, -0.05) is 16.9 Å². The molecular weight excluding hydrogens is 507 g/mol. The Hall–Kier alpha value is -3.96. The lowest BCUT2D eigenvalue weighted by Crippen LogP contribution is -2.27. The summed E-state index contributed by atoms with van der Waals surface area (Å²) >= 11 is 0. The molecule has 0 aliphatic rings. The van der Waals surface area contributed by atoms with Crippen molar-refractivity contribution in [1.29, 1.82) is 0 Å². The Bertz CT molecular complexity index is 1170. The molecule has 0 aliphatic carbocycles. The summed E-state index contributed by atoms with van der Waals surface area (Å²) in [5, 5.41) is 8.95. The third kappa shape index (κ3) is 8.58. The molecule has 2 unspecified atom stereocenters. The molecule has 13 nitrogen and oxygen atoms in total. The zero-order valence-corrected chi connectivity index (χ0v) is 22.2. The van der Waals surface area contributed by atoms with Gasteiger partial charge in [0.25, 0.3) is 0 Å². The zero-order valence-electron chi connectivity index (χ0n) is 21.3. The number of carboxylic acid groups (broad SMARTS) is 1. The van der Waals surface area contributed by atoms with Gasteiger partial charge in [-0.15, -0.1) is 0 Å². The van der Waals surface area contributed by atoms with Gasteiger partial charge in [0.2, 0.25) is 5.75 Å². The second-order valence-corrected chi connectivity index (χ2v) is 8.97. The van der Waals surface area contributed by atoms with Crippen LogP contribution in [0.4, 0.5) is 9.59 Å². The molecule has 14 heteroatoms. The maximum Gasteiger partial charge on any atom is 0.414 e. The first kappa shape index (κ1) is 29.3. The lowest BCUT2D eigenvalue weighted by atomic mass is 10.1. The minimum absolute atomic E-state index is 0.0739. The summed E-state index contributed by atoms with van der Waals surface area (Å²) in [6.45, 7) is 2.57. The van der Waals surface area contributed by atoms with Crippen LogP contribution in [0.1, 0.15) is 23.7 Å². The van der Waals surface area contributed by atoms with Gasteiger partial charge in [0.05, 0.1) is 5.69 Å². The number of benzene rings is 1. The fourth-order valence-electron chi connectivity index (χ4n) is 2.63. The number of carbonyl (C=O) groups excluding carboxylic acids is 2. The van der Waals surface area contributed by atoms with E-state index in [4.69, 9.17) is 23.8 Å². The molecular formula is C23H29N4O9P. The standard InChI is InChI=1S/C23H29N4O9P/c1-14-20(35-23(31)27(5)6)17(13-34-22(30)26(3)4)16(11-24-14)12-33-18-9-7-8-10-19(18)36-37(32)25-15(2)21(28)29/h7-11,15H,12-13H2,1-6H3,(H,28,29). The van der Waals surface area contributed by atoms with E-state index in [2.05, 4.69) is 9.73 Å². The van der Waals surface area contributed by atoms with Crippen molar-refractivity contribution in [3.05, 3.63) is 47.3 Å². The Kier molecular flexibility index (Phi) is 10.6. The third-order valence-electron chi connectivity index (χ3n) is 4.70. The number of amides is 2. The highest BCUT2D eigenvalue weighted by Crippen LogP contribution is 2.34. The number of ether oxygens (including phenoxy) is 3. The highest BCUT2D eigenvalue weighted by molar-refractivity contribution is 7.34. The van der Waals surface area contributed by atoms with E-state index in [0.717, 1.165) is 0 Å². The quantitative estimate of drug-likeness (QED) is 0.447. The lowest BCUT2D eigenvalue weighted by Gasteiger charge is -2.19. The number of hydrogen-bond acceptors (Lipinski definition) is 10. The first-order chi connectivity index (χ1) is 17.4. The molecule has 200 valence electrons. The van der Waals surface area contributed by atoms with Gasteiger partial charge in [-0.2, -0.15) is 0 Å². The van der Waals surface area contributed by atoms with Crippen molar-refractivity contribution in [3.8, 4) is 17.2 Å². The summed E-state index contributed by atoms with van der Waals surface area (Å²) in [5.41, 5.74) is 1.21. The normalized spacial score (nSPS) is 11.8. The summed E-state index contributed by atoms with van der Waals surface area (Å²) < 4.78 is 25.6. The van der Waals surface area contributed by atoms with Crippen molar-refractivity contribution >= 4 is 26.3 Å². The number of nitrogens with zero attached hydrogens (tertiary/aromatic N) is 4. The van der Waals surface area contributed by atoms with Crippen LogP contribution in [0.15, 0.2) is 35.2 Å². The fraction of sp³-hybridized carbons (Fsp3) is 0.391. The zero-order chi connectivity index (χ0) is 27.7. The number of aryl methyl sites for hydroxylation is 1. The number of aromatic nitrogens is 1. The van der Waals surface area contributed by atoms with Gasteiger partial charge in [-0.3, -0.25) is 9.51 Å². The van der Waals surface area contributed by atoms with Gasteiger partial charge in [0.1, 0.15) is 13.2 Å². The molecule has 1 aromatic carbocycles. The predicted octanol–water partition coefficient (Wildman–Crippen LogP) is 2.94. The van der Waals surface area contributed by atoms with Crippen LogP contribution in [-0.2, 0) is 22.7 Å². The monoisotopic (exact) mass is 536 g/mol. The Labute approximate surface area is 215 Å². The molecule has 0 saturated heterocycles. The minimum Gasteiger partial charge on any atom is -0.575 e. The average Bonchev–Trinajstić information content (AvgIpc) is 2.83. The molecule has 37 heavy (non-hydrogen) atoms. The van der Waals surface area contributed by atoms with Crippen LogP contribution in [0.25, 0.3) is 0 Å². The van der Waals surface area contributed by atoms with Gasteiger partial charge in [-0.25, -0.2) is 14.4 Å². The van der Waals surface area contributed by atoms with E-state index in [1.165, 1.54) is 57.2 Å². The Morgan fingerprint density at radius 2 is 1.70 bits per heavy atom. The highest BCUT2D eigenvalue weighted by Gasteiger charge is 2.22. The summed E-state index contributed by atoms with van der Waals surface area (Å²) in [6.07, 6.45) is 0.243. The lowest BCUT2D eigenvalue weighted by molar-refractivity contribution is -0.169. The molecule has 0 bridgehead atoms. The van der Waals surface area contributed by atoms with Crippen molar-refractivity contribution in [2.24, 2.45) is 4.74 Å². The van der Waals surface area contributed by atoms with Crippen LogP contribution in [0.3, 0.4) is 0 Å². The molecule has 2 amide bonds. The molecule has 0 saturated carbocycles. The van der Waals surface area contributed by atoms with E-state index in [1.807, 2.05) is 0 Å². The smallest absolute Gasteiger partial charge is 0.414 e. The van der Waals surface area contributed by atoms with Crippen molar-refractivity contribution in [1.82, 2.24) is 14.8 Å². The number of para-hydroxylation sites is 2. The number of carboxylic acids is 1. The maximum atomic E-state index is 12.3. The Morgan fingerprint density at radius 1 is 1.08 bits per heavy atom. The Morgan fingerprint density at radius 3 is 2.30 bits per heavy atom. The van der Waals surface area contributed by atoms with Crippen molar-refractivity contribution in [2.75, 3.05) is 28.2 Å². The second-order valence-electron chi connectivity index (χ2n) is 8.08. The molecule has 0 radical (unpaired) electrons. The average molecular weight is 536 g/mol. The van der Waals surface area contributed by atoms with E-state index in [9.17, 15) is 19.3 Å². The molecule has 0 aliphatic heterocycles. The highest BCUT2D eigenvalue weighted by atomic mass is 31.1. The molecule has 1 N–H and O–H groups in total. The number of aliphatic carboxylic acids is 1. The molecule has 0 spiro atoms. The van der Waals surface area contributed by atoms with Gasteiger partial charge >= 0.3 is 26.3 Å². The molecule has 0 fully saturated rings. The van der Waals surface area contributed by atoms with E-state index < -0.39 is 32.4 Å². The number of pyridine rings is 1. The summed E-state index contributed by atoms with van der Waals surface area (Å²) in [4.78, 5) is 54.2. The Balaban J connectivity index is 2.35. The SMILES string of the molecule is Cc1ncc(COc2ccccc2O[P+]([O-])=NC(C)C(=O)O)c(COC(=O)N(C)C)c1OC(=O)N(C)C. The summed E-state index contributed by atoms with van der Waals surface area (Å²) in [6, 6.07) is 5.10. The molecule has 1 heterocycles. The van der Waals surface area contributed by atoms with Crippen LogP contribution < -0.4 is 18.9 Å². The molecule has 2 rings (SSSR count). The van der Waals surface area contributed by atoms with Crippen molar-refractivity contribution in [3.63, 3.8) is 0 Å². The molecule has 2 atom stereocenters. The minimum atomic E-state index is -2.68. The van der Waals surface area contributed by atoms with E-state index in [1.54, 1.807) is 25.1 Å². The van der Waals surface area contributed by atoms with Crippen LogP contribution in [0, 0.1) is 6.92 Å². The van der Waals surface area contributed by atoms with Crippen LogP contribution >= 0.6 is 8.17 Å². The molecule has 2 aromatic rings. The number of rotatable bonds is 10. The van der Waals surface area contributed by atoms with E-state index >= 15 is 0 Å². The van der Waals surface area contributed by atoms with E-state index in [-0.39, 0.29) is 30.5 Å². The van der Waals surface area contributed by atoms with Crippen LogP contribution in [0.2, 0.25) is 0 Å². The first-order valence-electron chi connectivity index (χ1n) is 10.9. The van der Waals surface area contributed by atoms with Gasteiger partial charge in [0, 0.05) is 45.5 Å². The topological polar surface area (TPSA) is 163 Å². The van der Waals surface area contributed by atoms with Crippen LogP contribution in [0.5, 0.6) is 17.2 Å². The fourth-order valence-corrected chi connectivity index (χ4v) is 3.38. The van der Waals surface area contributed by atoms with Crippen molar-refractivity contribution < 1.29 is 43.1 Å².